The average molecular weight is 270 g/mol. The Labute approximate surface area is 109 Å². The highest BCUT2D eigenvalue weighted by Crippen LogP contribution is 2.26. The molecule has 2 aromatic rings. The molecule has 96 valence electrons. The topological polar surface area (TPSA) is 42.2 Å². The number of benzene rings is 1. The van der Waals surface area contributed by atoms with Crippen molar-refractivity contribution in [3.05, 3.63) is 41.5 Å². The van der Waals surface area contributed by atoms with Crippen LogP contribution in [-0.2, 0) is 5.88 Å². The molecule has 6 heteroatoms. The maximum atomic E-state index is 13.7. The van der Waals surface area contributed by atoms with Crippen molar-refractivity contribution in [1.29, 1.82) is 0 Å². The Morgan fingerprint density at radius 1 is 1.39 bits per heavy atom. The van der Waals surface area contributed by atoms with E-state index in [1.807, 2.05) is 6.92 Å². The molecule has 0 saturated carbocycles. The SMILES string of the molecule is CC(c1ccccc1F)N(C)c1nnc(CCl)o1. The first-order chi connectivity index (χ1) is 8.63. The van der Waals surface area contributed by atoms with Crippen molar-refractivity contribution >= 4 is 17.6 Å². The smallest absolute Gasteiger partial charge is 0.318 e. The third kappa shape index (κ3) is 2.46. The molecule has 0 aliphatic rings. The van der Waals surface area contributed by atoms with E-state index < -0.39 is 0 Å². The van der Waals surface area contributed by atoms with Crippen LogP contribution in [0.2, 0.25) is 0 Å². The molecule has 1 aromatic carbocycles. The second-order valence-corrected chi connectivity index (χ2v) is 4.19. The van der Waals surface area contributed by atoms with E-state index in [1.165, 1.54) is 6.07 Å². The minimum atomic E-state index is -0.256. The monoisotopic (exact) mass is 269 g/mol. The van der Waals surface area contributed by atoms with E-state index in [9.17, 15) is 4.39 Å². The first-order valence-corrected chi connectivity index (χ1v) is 6.02. The van der Waals surface area contributed by atoms with E-state index in [0.717, 1.165) is 0 Å². The van der Waals surface area contributed by atoms with Crippen LogP contribution in [0.5, 0.6) is 0 Å². The number of hydrogen-bond donors (Lipinski definition) is 0. The first-order valence-electron chi connectivity index (χ1n) is 5.49. The van der Waals surface area contributed by atoms with Crippen LogP contribution >= 0.6 is 11.6 Å². The summed E-state index contributed by atoms with van der Waals surface area (Å²) in [5, 5.41) is 7.64. The Kier molecular flexibility index (Phi) is 3.81. The summed E-state index contributed by atoms with van der Waals surface area (Å²) in [6, 6.07) is 6.72. The van der Waals surface area contributed by atoms with Crippen molar-refractivity contribution in [1.82, 2.24) is 10.2 Å². The lowest BCUT2D eigenvalue weighted by atomic mass is 10.1. The minimum absolute atomic E-state index is 0.162. The molecule has 0 saturated heterocycles. The van der Waals surface area contributed by atoms with Gasteiger partial charge in [-0.2, -0.15) is 0 Å². The van der Waals surface area contributed by atoms with Gasteiger partial charge in [0.1, 0.15) is 11.7 Å². The van der Waals surface area contributed by atoms with Crippen LogP contribution in [0.25, 0.3) is 0 Å². The number of anilines is 1. The zero-order valence-corrected chi connectivity index (χ0v) is 10.9. The lowest BCUT2D eigenvalue weighted by Gasteiger charge is -2.23. The molecule has 1 heterocycles. The van der Waals surface area contributed by atoms with Crippen LogP contribution in [-0.4, -0.2) is 17.2 Å². The Bertz CT molecular complexity index is 532. The van der Waals surface area contributed by atoms with Gasteiger partial charge in [0.15, 0.2) is 0 Å². The van der Waals surface area contributed by atoms with Crippen LogP contribution in [0, 0.1) is 5.82 Å². The van der Waals surface area contributed by atoms with Gasteiger partial charge in [-0.3, -0.25) is 0 Å². The largest absolute Gasteiger partial charge is 0.407 e. The van der Waals surface area contributed by atoms with E-state index in [0.29, 0.717) is 17.5 Å². The quantitative estimate of drug-likeness (QED) is 0.800. The van der Waals surface area contributed by atoms with Gasteiger partial charge in [-0.25, -0.2) is 4.39 Å². The number of nitrogens with zero attached hydrogens (tertiary/aromatic N) is 3. The van der Waals surface area contributed by atoms with Gasteiger partial charge in [0.2, 0.25) is 5.89 Å². The summed E-state index contributed by atoms with van der Waals surface area (Å²) in [7, 11) is 1.77. The van der Waals surface area contributed by atoms with Crippen LogP contribution in [0.15, 0.2) is 28.7 Å². The number of hydrogen-bond acceptors (Lipinski definition) is 4. The molecule has 1 atom stereocenters. The molecule has 2 rings (SSSR count). The van der Waals surface area contributed by atoms with E-state index in [2.05, 4.69) is 10.2 Å². The van der Waals surface area contributed by atoms with Crippen molar-refractivity contribution in [2.45, 2.75) is 18.8 Å². The average Bonchev–Trinajstić information content (AvgIpc) is 2.86. The lowest BCUT2D eigenvalue weighted by molar-refractivity contribution is 0.489. The summed E-state index contributed by atoms with van der Waals surface area (Å²) in [5.74, 6) is 0.253. The van der Waals surface area contributed by atoms with Crippen molar-refractivity contribution in [3.8, 4) is 0 Å². The normalized spacial score (nSPS) is 12.4. The summed E-state index contributed by atoms with van der Waals surface area (Å²) in [4.78, 5) is 1.71. The van der Waals surface area contributed by atoms with Gasteiger partial charge in [0.05, 0.1) is 6.04 Å². The van der Waals surface area contributed by atoms with Crippen molar-refractivity contribution in [3.63, 3.8) is 0 Å². The molecule has 0 N–H and O–H groups in total. The summed E-state index contributed by atoms with van der Waals surface area (Å²) in [6.07, 6.45) is 0. The summed E-state index contributed by atoms with van der Waals surface area (Å²) in [6.45, 7) is 1.86. The molecule has 0 aliphatic heterocycles. The van der Waals surface area contributed by atoms with E-state index >= 15 is 0 Å². The third-order valence-corrected chi connectivity index (χ3v) is 3.04. The highest BCUT2D eigenvalue weighted by atomic mass is 35.5. The Balaban J connectivity index is 2.23. The predicted molar refractivity (Wildman–Crippen MR) is 67.1 cm³/mol. The van der Waals surface area contributed by atoms with Gasteiger partial charge >= 0.3 is 6.01 Å². The molecular formula is C12H13ClFN3O. The van der Waals surface area contributed by atoms with Gasteiger partial charge in [0, 0.05) is 12.6 Å². The zero-order valence-electron chi connectivity index (χ0n) is 10.1. The first kappa shape index (κ1) is 12.8. The Morgan fingerprint density at radius 3 is 2.72 bits per heavy atom. The highest BCUT2D eigenvalue weighted by molar-refractivity contribution is 6.16. The van der Waals surface area contributed by atoms with Crippen LogP contribution in [0.3, 0.4) is 0 Å². The third-order valence-electron chi connectivity index (χ3n) is 2.81. The van der Waals surface area contributed by atoms with Crippen molar-refractivity contribution in [2.24, 2.45) is 0 Å². The van der Waals surface area contributed by atoms with E-state index in [4.69, 9.17) is 16.0 Å². The van der Waals surface area contributed by atoms with Crippen LogP contribution in [0.4, 0.5) is 10.4 Å². The van der Waals surface area contributed by atoms with Gasteiger partial charge in [-0.15, -0.1) is 16.7 Å². The van der Waals surface area contributed by atoms with Crippen LogP contribution in [0.1, 0.15) is 24.4 Å². The number of halogens is 2. The molecule has 18 heavy (non-hydrogen) atoms. The molecule has 0 amide bonds. The highest BCUT2D eigenvalue weighted by Gasteiger charge is 2.19. The summed E-state index contributed by atoms with van der Waals surface area (Å²) in [5.41, 5.74) is 0.575. The molecule has 0 spiro atoms. The minimum Gasteiger partial charge on any atom is -0.407 e. The molecule has 1 aromatic heterocycles. The fourth-order valence-electron chi connectivity index (χ4n) is 1.63. The molecule has 1 unspecified atom stereocenters. The fourth-order valence-corrected chi connectivity index (χ4v) is 1.74. The van der Waals surface area contributed by atoms with E-state index in [1.54, 1.807) is 30.1 Å². The Hall–Kier alpha value is -1.62. The van der Waals surface area contributed by atoms with Gasteiger partial charge in [0.25, 0.3) is 0 Å². The lowest BCUT2D eigenvalue weighted by Crippen LogP contribution is -2.22. The van der Waals surface area contributed by atoms with Crippen LogP contribution < -0.4 is 4.90 Å². The second kappa shape index (κ2) is 5.35. The fraction of sp³-hybridized carbons (Fsp3) is 0.333. The molecule has 0 aliphatic carbocycles. The Morgan fingerprint density at radius 2 is 2.11 bits per heavy atom. The molecule has 0 radical (unpaired) electrons. The maximum absolute atomic E-state index is 13.7. The number of rotatable bonds is 4. The molecule has 4 nitrogen and oxygen atoms in total. The molecule has 0 fully saturated rings. The van der Waals surface area contributed by atoms with Gasteiger partial charge in [-0.05, 0) is 13.0 Å². The number of aromatic nitrogens is 2. The van der Waals surface area contributed by atoms with Gasteiger partial charge in [-0.1, -0.05) is 23.3 Å². The predicted octanol–water partition coefficient (Wildman–Crippen LogP) is 3.14. The van der Waals surface area contributed by atoms with Crippen molar-refractivity contribution in [2.75, 3.05) is 11.9 Å². The maximum Gasteiger partial charge on any atom is 0.318 e. The summed E-state index contributed by atoms with van der Waals surface area (Å²) < 4.78 is 19.0. The van der Waals surface area contributed by atoms with Crippen molar-refractivity contribution < 1.29 is 8.81 Å². The summed E-state index contributed by atoms with van der Waals surface area (Å²) >= 11 is 5.59. The second-order valence-electron chi connectivity index (χ2n) is 3.92. The number of alkyl halides is 1. The van der Waals surface area contributed by atoms with E-state index in [-0.39, 0.29) is 17.7 Å². The van der Waals surface area contributed by atoms with Gasteiger partial charge < -0.3 is 9.32 Å². The molecular weight excluding hydrogens is 257 g/mol. The standard InChI is InChI=1S/C12H13ClFN3O/c1-8(9-5-3-4-6-10(9)14)17(2)12-16-15-11(7-13)18-12/h3-6,8H,7H2,1-2H3. The zero-order chi connectivity index (χ0) is 13.1. The molecule has 0 bridgehead atoms.